The number of rotatable bonds is 5. The molecule has 0 aliphatic heterocycles. The van der Waals surface area contributed by atoms with Gasteiger partial charge in [-0.3, -0.25) is 0 Å². The average molecular weight is 347 g/mol. The molecule has 1 N–H and O–H groups in total. The molecule has 6 heteroatoms. The van der Waals surface area contributed by atoms with E-state index in [1.54, 1.807) is 26.0 Å². The molecule has 0 unspecified atom stereocenters. The van der Waals surface area contributed by atoms with Crippen molar-refractivity contribution in [1.82, 2.24) is 4.72 Å². The van der Waals surface area contributed by atoms with E-state index in [2.05, 4.69) is 4.72 Å². The molecule has 0 radical (unpaired) electrons. The van der Waals surface area contributed by atoms with E-state index in [0.717, 1.165) is 11.1 Å². The van der Waals surface area contributed by atoms with Crippen LogP contribution in [0.1, 0.15) is 35.3 Å². The van der Waals surface area contributed by atoms with E-state index in [9.17, 15) is 13.2 Å². The zero-order valence-electron chi connectivity index (χ0n) is 14.2. The molecule has 2 aromatic carbocycles. The summed E-state index contributed by atoms with van der Waals surface area (Å²) in [5, 5.41) is 0. The molecule has 0 aliphatic carbocycles. The van der Waals surface area contributed by atoms with Gasteiger partial charge < -0.3 is 4.74 Å². The van der Waals surface area contributed by atoms with Crippen molar-refractivity contribution in [1.29, 1.82) is 0 Å². The number of hydrogen-bond acceptors (Lipinski definition) is 4. The normalized spacial score (nSPS) is 11.5. The maximum Gasteiger partial charge on any atom is 0.343 e. The van der Waals surface area contributed by atoms with Crippen molar-refractivity contribution in [2.45, 2.75) is 38.6 Å². The largest absolute Gasteiger partial charge is 0.423 e. The molecule has 0 bridgehead atoms. The molecule has 2 rings (SSSR count). The number of carbonyl (C=O) groups is 1. The standard InChI is InChI=1S/C18H21NO4S/c1-12(2)19-24(21,22)17-7-5-15(6-8-17)18(20)23-16-10-13(3)9-14(4)11-16/h5-12,19H,1-4H3. The van der Waals surface area contributed by atoms with Crippen LogP contribution in [0.5, 0.6) is 5.75 Å². The fraction of sp³-hybridized carbons (Fsp3) is 0.278. The highest BCUT2D eigenvalue weighted by Crippen LogP contribution is 2.18. The number of benzene rings is 2. The zero-order chi connectivity index (χ0) is 17.9. The van der Waals surface area contributed by atoms with Crippen LogP contribution in [-0.4, -0.2) is 20.4 Å². The lowest BCUT2D eigenvalue weighted by Crippen LogP contribution is -2.30. The molecule has 5 nitrogen and oxygen atoms in total. The Bertz CT molecular complexity index is 820. The number of ether oxygens (including phenoxy) is 1. The molecule has 0 spiro atoms. The van der Waals surface area contributed by atoms with E-state index in [4.69, 9.17) is 4.74 Å². The topological polar surface area (TPSA) is 72.5 Å². The molecule has 128 valence electrons. The summed E-state index contributed by atoms with van der Waals surface area (Å²) in [6.07, 6.45) is 0. The third kappa shape index (κ3) is 4.66. The van der Waals surface area contributed by atoms with Crippen LogP contribution in [0.2, 0.25) is 0 Å². The van der Waals surface area contributed by atoms with Crippen LogP contribution in [-0.2, 0) is 10.0 Å². The number of sulfonamides is 1. The first-order valence-corrected chi connectivity index (χ1v) is 9.08. The van der Waals surface area contributed by atoms with Crippen LogP contribution in [0.15, 0.2) is 47.4 Å². The van der Waals surface area contributed by atoms with Crippen molar-refractivity contribution in [3.63, 3.8) is 0 Å². The quantitative estimate of drug-likeness (QED) is 0.666. The second-order valence-corrected chi connectivity index (χ2v) is 7.73. The molecule has 0 aliphatic rings. The third-order valence-electron chi connectivity index (χ3n) is 3.20. The fourth-order valence-corrected chi connectivity index (χ4v) is 3.56. The predicted molar refractivity (Wildman–Crippen MR) is 92.8 cm³/mol. The SMILES string of the molecule is Cc1cc(C)cc(OC(=O)c2ccc(S(=O)(=O)NC(C)C)cc2)c1. The molecular weight excluding hydrogens is 326 g/mol. The molecule has 0 saturated carbocycles. The first kappa shape index (κ1) is 18.2. The summed E-state index contributed by atoms with van der Waals surface area (Å²) in [4.78, 5) is 12.3. The summed E-state index contributed by atoms with van der Waals surface area (Å²) < 4.78 is 32.0. The van der Waals surface area contributed by atoms with Crippen LogP contribution in [0.25, 0.3) is 0 Å². The Hall–Kier alpha value is -2.18. The summed E-state index contributed by atoms with van der Waals surface area (Å²) >= 11 is 0. The van der Waals surface area contributed by atoms with Gasteiger partial charge in [-0.1, -0.05) is 6.07 Å². The minimum atomic E-state index is -3.57. The summed E-state index contributed by atoms with van der Waals surface area (Å²) in [7, 11) is -3.57. The Balaban J connectivity index is 2.17. The van der Waals surface area contributed by atoms with Crippen LogP contribution in [0.3, 0.4) is 0 Å². The van der Waals surface area contributed by atoms with Crippen LogP contribution in [0.4, 0.5) is 0 Å². The van der Waals surface area contributed by atoms with E-state index >= 15 is 0 Å². The van der Waals surface area contributed by atoms with Crippen molar-refractivity contribution >= 4 is 16.0 Å². The third-order valence-corrected chi connectivity index (χ3v) is 4.87. The summed E-state index contributed by atoms with van der Waals surface area (Å²) in [6, 6.07) is 11.0. The van der Waals surface area contributed by atoms with Gasteiger partial charge in [0, 0.05) is 6.04 Å². The molecule has 0 amide bonds. The second-order valence-electron chi connectivity index (χ2n) is 6.01. The van der Waals surface area contributed by atoms with E-state index in [-0.39, 0.29) is 16.5 Å². The lowest BCUT2D eigenvalue weighted by Gasteiger charge is -2.10. The van der Waals surface area contributed by atoms with Gasteiger partial charge in [-0.05, 0) is 75.2 Å². The van der Waals surface area contributed by atoms with Gasteiger partial charge >= 0.3 is 5.97 Å². The highest BCUT2D eigenvalue weighted by molar-refractivity contribution is 7.89. The summed E-state index contributed by atoms with van der Waals surface area (Å²) in [6.45, 7) is 7.33. The summed E-state index contributed by atoms with van der Waals surface area (Å²) in [5.41, 5.74) is 2.29. The summed E-state index contributed by atoms with van der Waals surface area (Å²) in [5.74, 6) is -0.0589. The molecular formula is C18H21NO4S. The second kappa shape index (κ2) is 7.15. The van der Waals surface area contributed by atoms with Gasteiger partial charge in [0.2, 0.25) is 10.0 Å². The van der Waals surface area contributed by atoms with Gasteiger partial charge in [0.05, 0.1) is 10.5 Å². The molecule has 0 aromatic heterocycles. The molecule has 24 heavy (non-hydrogen) atoms. The van der Waals surface area contributed by atoms with Gasteiger partial charge in [0.1, 0.15) is 5.75 Å². The Morgan fingerprint density at radius 1 is 1.00 bits per heavy atom. The van der Waals surface area contributed by atoms with Gasteiger partial charge in [-0.25, -0.2) is 17.9 Å². The number of carbonyl (C=O) groups excluding carboxylic acids is 1. The van der Waals surface area contributed by atoms with Crippen LogP contribution >= 0.6 is 0 Å². The number of esters is 1. The smallest absolute Gasteiger partial charge is 0.343 e. The Morgan fingerprint density at radius 2 is 1.54 bits per heavy atom. The van der Waals surface area contributed by atoms with Gasteiger partial charge in [-0.15, -0.1) is 0 Å². The first-order chi connectivity index (χ1) is 11.2. The lowest BCUT2D eigenvalue weighted by atomic mass is 10.1. The van der Waals surface area contributed by atoms with E-state index in [1.165, 1.54) is 24.3 Å². The Labute approximate surface area is 142 Å². The van der Waals surface area contributed by atoms with E-state index < -0.39 is 16.0 Å². The minimum absolute atomic E-state index is 0.110. The molecule has 0 saturated heterocycles. The number of aryl methyl sites for hydroxylation is 2. The van der Waals surface area contributed by atoms with Crippen LogP contribution in [0, 0.1) is 13.8 Å². The maximum atomic E-state index is 12.2. The van der Waals surface area contributed by atoms with E-state index in [0.29, 0.717) is 5.75 Å². The Kier molecular flexibility index (Phi) is 5.41. The zero-order valence-corrected chi connectivity index (χ0v) is 15.0. The van der Waals surface area contributed by atoms with Crippen molar-refractivity contribution in [2.24, 2.45) is 0 Å². The first-order valence-electron chi connectivity index (χ1n) is 7.60. The Morgan fingerprint density at radius 3 is 2.04 bits per heavy atom. The van der Waals surface area contributed by atoms with E-state index in [1.807, 2.05) is 19.9 Å². The van der Waals surface area contributed by atoms with Crippen molar-refractivity contribution in [2.75, 3.05) is 0 Å². The monoisotopic (exact) mass is 347 g/mol. The highest BCUT2D eigenvalue weighted by Gasteiger charge is 2.16. The molecule has 2 aromatic rings. The molecule has 0 heterocycles. The van der Waals surface area contributed by atoms with Crippen molar-refractivity contribution in [3.8, 4) is 5.75 Å². The van der Waals surface area contributed by atoms with Gasteiger partial charge in [-0.2, -0.15) is 0 Å². The molecule has 0 fully saturated rings. The van der Waals surface area contributed by atoms with Crippen molar-refractivity contribution in [3.05, 3.63) is 59.2 Å². The average Bonchev–Trinajstić information content (AvgIpc) is 2.45. The number of hydrogen-bond donors (Lipinski definition) is 1. The number of nitrogens with one attached hydrogen (secondary N) is 1. The van der Waals surface area contributed by atoms with Crippen LogP contribution < -0.4 is 9.46 Å². The predicted octanol–water partition coefficient (Wildman–Crippen LogP) is 3.21. The minimum Gasteiger partial charge on any atom is -0.423 e. The maximum absolute atomic E-state index is 12.2. The van der Waals surface area contributed by atoms with Gasteiger partial charge in [0.15, 0.2) is 0 Å². The lowest BCUT2D eigenvalue weighted by molar-refractivity contribution is 0.0734. The highest BCUT2D eigenvalue weighted by atomic mass is 32.2. The fourth-order valence-electron chi connectivity index (χ4n) is 2.31. The van der Waals surface area contributed by atoms with Crippen molar-refractivity contribution < 1.29 is 17.9 Å². The van der Waals surface area contributed by atoms with Gasteiger partial charge in [0.25, 0.3) is 0 Å². The molecule has 0 atom stereocenters.